The Morgan fingerprint density at radius 3 is 2.19 bits per heavy atom. The number of hydrogen-bond acceptors (Lipinski definition) is 2. The van der Waals surface area contributed by atoms with E-state index in [1.54, 1.807) is 0 Å². The molecule has 0 atom stereocenters. The normalized spacial score (nSPS) is 12.2. The Bertz CT molecular complexity index is 523. The summed E-state index contributed by atoms with van der Waals surface area (Å²) in [5.74, 6) is -1.15. The third-order valence-electron chi connectivity index (χ3n) is 2.61. The summed E-state index contributed by atoms with van der Waals surface area (Å²) in [5.41, 5.74) is -2.14. The maximum atomic E-state index is 12.8. The maximum absolute atomic E-state index is 12.8. The lowest BCUT2D eigenvalue weighted by Crippen LogP contribution is -2.36. The number of benzene rings is 1. The number of rotatable bonds is 3. The number of nitrogens with one attached hydrogen (secondary N) is 1. The highest BCUT2D eigenvalue weighted by atomic mass is 19.4. The van der Waals surface area contributed by atoms with Gasteiger partial charge >= 0.3 is 12.4 Å². The van der Waals surface area contributed by atoms with E-state index in [0.717, 1.165) is 32.3 Å². The van der Waals surface area contributed by atoms with Crippen LogP contribution < -0.4 is 5.32 Å². The molecule has 9 heteroatoms. The average Bonchev–Trinajstić information content (AvgIpc) is 2.33. The monoisotopic (exact) mass is 314 g/mol. The molecule has 0 saturated heterocycles. The number of carbonyl (C=O) groups excluding carboxylic acids is 1. The lowest BCUT2D eigenvalue weighted by molar-refractivity contribution is -0.139. The molecule has 1 N–H and O–H groups in total. The number of halogens is 6. The number of carbonyl (C=O) groups is 1. The molecule has 0 unspecified atom stereocenters. The number of alkyl halides is 6. The predicted molar refractivity (Wildman–Crippen MR) is 64.0 cm³/mol. The first-order valence-corrected chi connectivity index (χ1v) is 5.67. The first kappa shape index (κ1) is 17.1. The highest BCUT2D eigenvalue weighted by Crippen LogP contribution is 2.36. The van der Waals surface area contributed by atoms with Crippen LogP contribution in [0, 0.1) is 0 Å². The van der Waals surface area contributed by atoms with Gasteiger partial charge in [-0.15, -0.1) is 0 Å². The maximum Gasteiger partial charge on any atom is 0.418 e. The standard InChI is InChI=1S/C12H12F6N2O/c1-19-9-7(4-3-5-8(9)12(16,17)18)10(21)20(2)6-11(13,14)15/h3-5,19H,6H2,1-2H3. The molecule has 0 bridgehead atoms. The van der Waals surface area contributed by atoms with Crippen LogP contribution in [0.1, 0.15) is 15.9 Å². The van der Waals surface area contributed by atoms with Gasteiger partial charge in [0.1, 0.15) is 6.54 Å². The molecule has 0 fully saturated rings. The molecule has 1 amide bonds. The fraction of sp³-hybridized carbons (Fsp3) is 0.417. The summed E-state index contributed by atoms with van der Waals surface area (Å²) in [7, 11) is 2.03. The van der Waals surface area contributed by atoms with Gasteiger partial charge < -0.3 is 10.2 Å². The minimum Gasteiger partial charge on any atom is -0.387 e. The van der Waals surface area contributed by atoms with Crippen LogP contribution in [0.15, 0.2) is 18.2 Å². The summed E-state index contributed by atoms with van der Waals surface area (Å²) >= 11 is 0. The summed E-state index contributed by atoms with van der Waals surface area (Å²) in [6.07, 6.45) is -9.36. The number of hydrogen-bond donors (Lipinski definition) is 1. The molecule has 0 spiro atoms. The van der Waals surface area contributed by atoms with E-state index in [-0.39, 0.29) is 0 Å². The van der Waals surface area contributed by atoms with Gasteiger partial charge in [0.05, 0.1) is 16.8 Å². The van der Waals surface area contributed by atoms with Crippen molar-refractivity contribution in [1.82, 2.24) is 4.90 Å². The van der Waals surface area contributed by atoms with Crippen LogP contribution in [-0.2, 0) is 6.18 Å². The molecule has 1 aromatic carbocycles. The Morgan fingerprint density at radius 2 is 1.76 bits per heavy atom. The van der Waals surface area contributed by atoms with Gasteiger partial charge in [0.2, 0.25) is 0 Å². The van der Waals surface area contributed by atoms with Crippen molar-refractivity contribution < 1.29 is 31.1 Å². The molecular formula is C12H12F6N2O. The summed E-state index contributed by atoms with van der Waals surface area (Å²) in [6.45, 7) is -1.55. The summed E-state index contributed by atoms with van der Waals surface area (Å²) in [6, 6.07) is 2.75. The Balaban J connectivity index is 3.22. The van der Waals surface area contributed by atoms with Gasteiger partial charge in [-0.05, 0) is 12.1 Å². The summed E-state index contributed by atoms with van der Waals surface area (Å²) in [5, 5.41) is 2.22. The molecule has 0 radical (unpaired) electrons. The quantitative estimate of drug-likeness (QED) is 0.868. The smallest absolute Gasteiger partial charge is 0.387 e. The van der Waals surface area contributed by atoms with Gasteiger partial charge in [0, 0.05) is 14.1 Å². The molecule has 0 saturated carbocycles. The lowest BCUT2D eigenvalue weighted by Gasteiger charge is -2.22. The first-order valence-electron chi connectivity index (χ1n) is 5.67. The first-order chi connectivity index (χ1) is 9.47. The zero-order chi connectivity index (χ0) is 16.4. The second-order valence-corrected chi connectivity index (χ2v) is 4.25. The topological polar surface area (TPSA) is 32.3 Å². The Kier molecular flexibility index (Phi) is 4.75. The molecule has 1 rings (SSSR count). The van der Waals surface area contributed by atoms with E-state index in [4.69, 9.17) is 0 Å². The van der Waals surface area contributed by atoms with Gasteiger partial charge in [-0.1, -0.05) is 6.07 Å². The number of para-hydroxylation sites is 1. The van der Waals surface area contributed by atoms with Gasteiger partial charge in [-0.2, -0.15) is 26.3 Å². The Hall–Kier alpha value is -1.93. The number of anilines is 1. The van der Waals surface area contributed by atoms with Crippen LogP contribution >= 0.6 is 0 Å². The van der Waals surface area contributed by atoms with E-state index in [1.165, 1.54) is 0 Å². The minimum absolute atomic E-state index is 0.316. The van der Waals surface area contributed by atoms with Crippen molar-refractivity contribution >= 4 is 11.6 Å². The van der Waals surface area contributed by atoms with E-state index < -0.39 is 41.6 Å². The van der Waals surface area contributed by atoms with Gasteiger partial charge in [-0.25, -0.2) is 0 Å². The van der Waals surface area contributed by atoms with Crippen LogP contribution in [0.2, 0.25) is 0 Å². The van der Waals surface area contributed by atoms with Gasteiger partial charge in [0.25, 0.3) is 5.91 Å². The van der Waals surface area contributed by atoms with Crippen molar-refractivity contribution in [3.63, 3.8) is 0 Å². The number of amides is 1. The van der Waals surface area contributed by atoms with Crippen LogP contribution in [-0.4, -0.2) is 37.6 Å². The fourth-order valence-corrected chi connectivity index (χ4v) is 1.78. The van der Waals surface area contributed by atoms with Gasteiger partial charge in [0.15, 0.2) is 0 Å². The van der Waals surface area contributed by atoms with Crippen molar-refractivity contribution in [2.75, 3.05) is 26.0 Å². The Labute approximate surface area is 116 Å². The molecule has 0 aliphatic carbocycles. The van der Waals surface area contributed by atoms with Gasteiger partial charge in [-0.3, -0.25) is 4.79 Å². The molecule has 0 aliphatic rings. The molecule has 1 aromatic rings. The van der Waals surface area contributed by atoms with E-state index in [1.807, 2.05) is 0 Å². The highest BCUT2D eigenvalue weighted by Gasteiger charge is 2.36. The second kappa shape index (κ2) is 5.82. The SMILES string of the molecule is CNc1c(C(=O)N(C)CC(F)(F)F)cccc1C(F)(F)F. The molecule has 118 valence electrons. The number of nitrogens with zero attached hydrogens (tertiary/aromatic N) is 1. The van der Waals surface area contributed by atoms with Crippen molar-refractivity contribution in [1.29, 1.82) is 0 Å². The zero-order valence-electron chi connectivity index (χ0n) is 11.1. The minimum atomic E-state index is -4.72. The van der Waals surface area contributed by atoms with Crippen LogP contribution in [0.4, 0.5) is 32.0 Å². The lowest BCUT2D eigenvalue weighted by atomic mass is 10.1. The molecule has 0 heterocycles. The molecular weight excluding hydrogens is 302 g/mol. The predicted octanol–water partition coefficient (Wildman–Crippen LogP) is 3.38. The molecule has 0 aliphatic heterocycles. The van der Waals surface area contributed by atoms with E-state index in [9.17, 15) is 31.1 Å². The van der Waals surface area contributed by atoms with E-state index in [2.05, 4.69) is 5.32 Å². The van der Waals surface area contributed by atoms with Crippen molar-refractivity contribution in [3.05, 3.63) is 29.3 Å². The average molecular weight is 314 g/mol. The second-order valence-electron chi connectivity index (χ2n) is 4.25. The fourth-order valence-electron chi connectivity index (χ4n) is 1.78. The Morgan fingerprint density at radius 1 is 1.19 bits per heavy atom. The van der Waals surface area contributed by atoms with Crippen molar-refractivity contribution in [3.8, 4) is 0 Å². The van der Waals surface area contributed by atoms with Crippen LogP contribution in [0.25, 0.3) is 0 Å². The van der Waals surface area contributed by atoms with E-state index >= 15 is 0 Å². The molecule has 21 heavy (non-hydrogen) atoms. The van der Waals surface area contributed by atoms with E-state index in [0.29, 0.717) is 4.90 Å². The van der Waals surface area contributed by atoms with Crippen LogP contribution in [0.5, 0.6) is 0 Å². The zero-order valence-corrected chi connectivity index (χ0v) is 11.1. The van der Waals surface area contributed by atoms with Crippen molar-refractivity contribution in [2.24, 2.45) is 0 Å². The summed E-state index contributed by atoms with van der Waals surface area (Å²) < 4.78 is 75.1. The largest absolute Gasteiger partial charge is 0.418 e. The third kappa shape index (κ3) is 4.27. The summed E-state index contributed by atoms with van der Waals surface area (Å²) in [4.78, 5) is 12.2. The van der Waals surface area contributed by atoms with Crippen LogP contribution in [0.3, 0.4) is 0 Å². The third-order valence-corrected chi connectivity index (χ3v) is 2.61. The van der Waals surface area contributed by atoms with Crippen molar-refractivity contribution in [2.45, 2.75) is 12.4 Å². The highest BCUT2D eigenvalue weighted by molar-refractivity contribution is 6.00. The molecule has 3 nitrogen and oxygen atoms in total. The molecule has 0 aromatic heterocycles.